The van der Waals surface area contributed by atoms with Gasteiger partial charge in [-0.05, 0) is 67.2 Å². The summed E-state index contributed by atoms with van der Waals surface area (Å²) in [4.78, 5) is 27.7. The third kappa shape index (κ3) is 4.11. The second kappa shape index (κ2) is 8.29. The standard InChI is InChI=1S/C22H28FN3O3S/c23-19-9-17(26-13-18(29-22(26)28)10-24-21(27)14-1-2-14)3-4-20(19)25-11-15-5-7-30-8-6-16(15)12-25/h3-4,9,14-16,18H,1-2,5-8,10-13H2,(H,24,27)/t15?,16?,18-/m0/s1. The highest BCUT2D eigenvalue weighted by atomic mass is 32.2. The molecule has 30 heavy (non-hydrogen) atoms. The Bertz CT molecular complexity index is 820. The van der Waals surface area contributed by atoms with Crippen LogP contribution in [0.1, 0.15) is 25.7 Å². The summed E-state index contributed by atoms with van der Waals surface area (Å²) in [6.45, 7) is 2.44. The molecule has 2 amide bonds. The lowest BCUT2D eigenvalue weighted by molar-refractivity contribution is -0.122. The van der Waals surface area contributed by atoms with E-state index >= 15 is 4.39 Å². The predicted molar refractivity (Wildman–Crippen MR) is 116 cm³/mol. The highest BCUT2D eigenvalue weighted by molar-refractivity contribution is 7.99. The smallest absolute Gasteiger partial charge is 0.414 e. The Morgan fingerprint density at radius 3 is 2.53 bits per heavy atom. The number of halogens is 1. The zero-order chi connectivity index (χ0) is 20.7. The summed E-state index contributed by atoms with van der Waals surface area (Å²) in [7, 11) is 0. The van der Waals surface area contributed by atoms with E-state index in [1.54, 1.807) is 12.1 Å². The summed E-state index contributed by atoms with van der Waals surface area (Å²) in [5, 5.41) is 2.84. The number of hydrogen-bond acceptors (Lipinski definition) is 5. The van der Waals surface area contributed by atoms with Crippen molar-refractivity contribution in [2.24, 2.45) is 17.8 Å². The summed E-state index contributed by atoms with van der Waals surface area (Å²) in [6, 6.07) is 5.03. The minimum Gasteiger partial charge on any atom is -0.442 e. The maximum absolute atomic E-state index is 15.0. The number of nitrogens with zero attached hydrogens (tertiary/aromatic N) is 2. The summed E-state index contributed by atoms with van der Waals surface area (Å²) in [6.07, 6.45) is 3.39. The number of hydrogen-bond donors (Lipinski definition) is 1. The fourth-order valence-corrected chi connectivity index (χ4v) is 5.97. The van der Waals surface area contributed by atoms with Crippen molar-refractivity contribution in [1.29, 1.82) is 0 Å². The summed E-state index contributed by atoms with van der Waals surface area (Å²) in [5.74, 6) is 3.57. The number of benzene rings is 1. The molecule has 6 nitrogen and oxygen atoms in total. The Labute approximate surface area is 180 Å². The van der Waals surface area contributed by atoms with Gasteiger partial charge in [-0.25, -0.2) is 9.18 Å². The Kier molecular flexibility index (Phi) is 5.52. The van der Waals surface area contributed by atoms with Crippen LogP contribution in [-0.2, 0) is 9.53 Å². The van der Waals surface area contributed by atoms with E-state index in [-0.39, 0.29) is 17.6 Å². The summed E-state index contributed by atoms with van der Waals surface area (Å²) in [5.41, 5.74) is 1.13. The van der Waals surface area contributed by atoms with Gasteiger partial charge in [-0.15, -0.1) is 0 Å². The number of nitrogens with one attached hydrogen (secondary N) is 1. The lowest BCUT2D eigenvalue weighted by Crippen LogP contribution is -2.35. The second-order valence-electron chi connectivity index (χ2n) is 8.89. The van der Waals surface area contributed by atoms with Gasteiger partial charge in [0, 0.05) is 19.0 Å². The second-order valence-corrected chi connectivity index (χ2v) is 10.1. The molecular weight excluding hydrogens is 405 g/mol. The van der Waals surface area contributed by atoms with Crippen molar-refractivity contribution < 1.29 is 18.7 Å². The van der Waals surface area contributed by atoms with Crippen LogP contribution >= 0.6 is 11.8 Å². The first-order chi connectivity index (χ1) is 14.6. The van der Waals surface area contributed by atoms with Gasteiger partial charge >= 0.3 is 6.09 Å². The van der Waals surface area contributed by atoms with Crippen LogP contribution in [-0.4, -0.2) is 55.8 Å². The quantitative estimate of drug-likeness (QED) is 0.772. The lowest BCUT2D eigenvalue weighted by atomic mass is 9.92. The van der Waals surface area contributed by atoms with Gasteiger partial charge < -0.3 is 15.0 Å². The number of amides is 2. The van der Waals surface area contributed by atoms with Crippen molar-refractivity contribution in [3.63, 3.8) is 0 Å². The number of carbonyl (C=O) groups is 2. The maximum Gasteiger partial charge on any atom is 0.414 e. The van der Waals surface area contributed by atoms with Gasteiger partial charge in [-0.2, -0.15) is 11.8 Å². The van der Waals surface area contributed by atoms with Crippen LogP contribution in [0.15, 0.2) is 18.2 Å². The molecule has 162 valence electrons. The zero-order valence-corrected chi connectivity index (χ0v) is 17.8. The van der Waals surface area contributed by atoms with Crippen LogP contribution in [0.2, 0.25) is 0 Å². The molecule has 0 radical (unpaired) electrons. The molecule has 4 aliphatic rings. The molecule has 0 spiro atoms. The third-order valence-electron chi connectivity index (χ3n) is 6.75. The molecular formula is C22H28FN3O3S. The molecule has 4 fully saturated rings. The molecule has 1 aromatic carbocycles. The lowest BCUT2D eigenvalue weighted by Gasteiger charge is -2.21. The van der Waals surface area contributed by atoms with Gasteiger partial charge in [-0.1, -0.05) is 0 Å². The Balaban J connectivity index is 1.22. The van der Waals surface area contributed by atoms with E-state index in [1.807, 2.05) is 11.8 Å². The normalized spacial score (nSPS) is 28.8. The molecule has 1 aromatic rings. The van der Waals surface area contributed by atoms with Crippen LogP contribution < -0.4 is 15.1 Å². The van der Waals surface area contributed by atoms with Crippen molar-refractivity contribution in [2.45, 2.75) is 31.8 Å². The molecule has 1 aliphatic carbocycles. The number of carbonyl (C=O) groups excluding carboxylic acids is 2. The molecule has 3 saturated heterocycles. The fourth-order valence-electron chi connectivity index (χ4n) is 4.82. The third-order valence-corrected chi connectivity index (χ3v) is 7.80. The van der Waals surface area contributed by atoms with Gasteiger partial charge in [0.2, 0.25) is 5.91 Å². The van der Waals surface area contributed by atoms with Crippen LogP contribution in [0.3, 0.4) is 0 Å². The zero-order valence-electron chi connectivity index (χ0n) is 17.0. The molecule has 0 bridgehead atoms. The summed E-state index contributed by atoms with van der Waals surface area (Å²) >= 11 is 2.03. The van der Waals surface area contributed by atoms with Crippen molar-refractivity contribution >= 4 is 35.1 Å². The number of rotatable bonds is 5. The average Bonchev–Trinajstić information content (AvgIpc) is 3.46. The predicted octanol–water partition coefficient (Wildman–Crippen LogP) is 3.26. The van der Waals surface area contributed by atoms with Crippen LogP contribution in [0.5, 0.6) is 0 Å². The monoisotopic (exact) mass is 433 g/mol. The largest absolute Gasteiger partial charge is 0.442 e. The van der Waals surface area contributed by atoms with E-state index in [4.69, 9.17) is 4.74 Å². The van der Waals surface area contributed by atoms with Crippen LogP contribution in [0.4, 0.5) is 20.6 Å². The fraction of sp³-hybridized carbons (Fsp3) is 0.636. The highest BCUT2D eigenvalue weighted by Crippen LogP contribution is 2.38. The van der Waals surface area contributed by atoms with E-state index in [0.29, 0.717) is 36.3 Å². The highest BCUT2D eigenvalue weighted by Gasteiger charge is 2.37. The number of thioether (sulfide) groups is 1. The van der Waals surface area contributed by atoms with E-state index < -0.39 is 12.2 Å². The molecule has 2 unspecified atom stereocenters. The topological polar surface area (TPSA) is 61.9 Å². The molecule has 3 atom stereocenters. The van der Waals surface area contributed by atoms with Crippen LogP contribution in [0.25, 0.3) is 0 Å². The number of fused-ring (bicyclic) bond motifs is 1. The molecule has 8 heteroatoms. The van der Waals surface area contributed by atoms with E-state index in [2.05, 4.69) is 10.2 Å². The minimum absolute atomic E-state index is 0.0281. The molecule has 1 saturated carbocycles. The minimum atomic E-state index is -0.492. The number of anilines is 2. The van der Waals surface area contributed by atoms with Crippen molar-refractivity contribution in [1.82, 2.24) is 5.32 Å². The van der Waals surface area contributed by atoms with E-state index in [0.717, 1.165) is 25.9 Å². The molecule has 3 heterocycles. The molecule has 0 aromatic heterocycles. The number of cyclic esters (lactones) is 1. The first-order valence-electron chi connectivity index (χ1n) is 11.0. The van der Waals surface area contributed by atoms with E-state index in [9.17, 15) is 9.59 Å². The first-order valence-corrected chi connectivity index (χ1v) is 12.1. The molecule has 1 N–H and O–H groups in total. The Morgan fingerprint density at radius 2 is 1.87 bits per heavy atom. The Morgan fingerprint density at radius 1 is 1.13 bits per heavy atom. The van der Waals surface area contributed by atoms with Crippen molar-refractivity contribution in [2.75, 3.05) is 47.5 Å². The molecule has 5 rings (SSSR count). The Hall–Kier alpha value is -1.96. The van der Waals surface area contributed by atoms with Gasteiger partial charge in [0.05, 0.1) is 24.5 Å². The molecule has 3 aliphatic heterocycles. The van der Waals surface area contributed by atoms with Crippen molar-refractivity contribution in [3.05, 3.63) is 24.0 Å². The average molecular weight is 434 g/mol. The van der Waals surface area contributed by atoms with Gasteiger partial charge in [0.1, 0.15) is 11.9 Å². The van der Waals surface area contributed by atoms with Gasteiger partial charge in [-0.3, -0.25) is 9.69 Å². The van der Waals surface area contributed by atoms with Gasteiger partial charge in [0.25, 0.3) is 0 Å². The summed E-state index contributed by atoms with van der Waals surface area (Å²) < 4.78 is 20.4. The SMILES string of the molecule is O=C(NC[C@H]1CN(c2ccc(N3CC4CCSCCC4C3)c(F)c2)C(=O)O1)C1CC1. The van der Waals surface area contributed by atoms with E-state index in [1.165, 1.54) is 35.3 Å². The van der Waals surface area contributed by atoms with Crippen molar-refractivity contribution in [3.8, 4) is 0 Å². The maximum atomic E-state index is 15.0. The number of ether oxygens (including phenoxy) is 1. The van der Waals surface area contributed by atoms with Crippen LogP contribution in [0, 0.1) is 23.6 Å². The van der Waals surface area contributed by atoms with Gasteiger partial charge in [0.15, 0.2) is 0 Å². The first kappa shape index (κ1) is 20.0.